The van der Waals surface area contributed by atoms with E-state index < -0.39 is 18.1 Å². The van der Waals surface area contributed by atoms with Crippen molar-refractivity contribution >= 4 is 12.1 Å². The van der Waals surface area contributed by atoms with Gasteiger partial charge in [-0.05, 0) is 28.8 Å². The Labute approximate surface area is 175 Å². The molecule has 3 aromatic carbocycles. The van der Waals surface area contributed by atoms with Crippen LogP contribution in [-0.4, -0.2) is 17.2 Å². The Morgan fingerprint density at radius 2 is 1.47 bits per heavy atom. The second kappa shape index (κ2) is 10.7. The molecule has 0 fully saturated rings. The number of alkyl carbamates (subject to hydrolysis) is 1. The SMILES string of the molecule is O=C(O)CC(NC(=O)OCc1ccccc1)c1cccc(OCc2ccccc2)c1. The van der Waals surface area contributed by atoms with E-state index in [1.165, 1.54) is 0 Å². The van der Waals surface area contributed by atoms with Gasteiger partial charge < -0.3 is 19.9 Å². The molecule has 3 aromatic rings. The van der Waals surface area contributed by atoms with Crippen LogP contribution < -0.4 is 10.1 Å². The Bertz CT molecular complexity index is 960. The summed E-state index contributed by atoms with van der Waals surface area (Å²) in [5.41, 5.74) is 2.49. The molecule has 6 heteroatoms. The lowest BCUT2D eigenvalue weighted by Gasteiger charge is -2.18. The lowest BCUT2D eigenvalue weighted by molar-refractivity contribution is -0.137. The number of benzene rings is 3. The Morgan fingerprint density at radius 1 is 0.833 bits per heavy atom. The second-order valence-corrected chi connectivity index (χ2v) is 6.70. The van der Waals surface area contributed by atoms with Gasteiger partial charge in [0.15, 0.2) is 0 Å². The summed E-state index contributed by atoms with van der Waals surface area (Å²) >= 11 is 0. The standard InChI is InChI=1S/C24H23NO5/c26-23(27)15-22(25-24(28)30-17-19-10-5-2-6-11-19)20-12-7-13-21(14-20)29-16-18-8-3-1-4-9-18/h1-14,22H,15-17H2,(H,25,28)(H,26,27). The van der Waals surface area contributed by atoms with Gasteiger partial charge in [0.1, 0.15) is 19.0 Å². The third-order valence-corrected chi connectivity index (χ3v) is 4.39. The molecule has 1 atom stereocenters. The molecular formula is C24H23NO5. The van der Waals surface area contributed by atoms with Gasteiger partial charge in [-0.3, -0.25) is 4.79 Å². The molecule has 2 N–H and O–H groups in total. The van der Waals surface area contributed by atoms with E-state index >= 15 is 0 Å². The molecule has 0 aliphatic rings. The fourth-order valence-corrected chi connectivity index (χ4v) is 2.90. The smallest absolute Gasteiger partial charge is 0.407 e. The molecule has 0 radical (unpaired) electrons. The van der Waals surface area contributed by atoms with Gasteiger partial charge in [0, 0.05) is 0 Å². The van der Waals surface area contributed by atoms with Gasteiger partial charge in [0.25, 0.3) is 0 Å². The topological polar surface area (TPSA) is 84.9 Å². The number of rotatable bonds is 9. The summed E-state index contributed by atoms with van der Waals surface area (Å²) in [5.74, 6) is -0.440. The van der Waals surface area contributed by atoms with Crippen molar-refractivity contribution < 1.29 is 24.2 Å². The van der Waals surface area contributed by atoms with Crippen molar-refractivity contribution in [3.63, 3.8) is 0 Å². The molecule has 30 heavy (non-hydrogen) atoms. The van der Waals surface area contributed by atoms with Crippen molar-refractivity contribution in [2.45, 2.75) is 25.7 Å². The number of nitrogens with one attached hydrogen (secondary N) is 1. The molecule has 0 aliphatic heterocycles. The van der Waals surface area contributed by atoms with E-state index in [9.17, 15) is 14.7 Å². The molecule has 0 saturated heterocycles. The summed E-state index contributed by atoms with van der Waals surface area (Å²) < 4.78 is 11.0. The average molecular weight is 405 g/mol. The number of carbonyl (C=O) groups is 2. The summed E-state index contributed by atoms with van der Waals surface area (Å²) in [4.78, 5) is 23.5. The summed E-state index contributed by atoms with van der Waals surface area (Å²) in [5, 5.41) is 11.9. The highest BCUT2D eigenvalue weighted by Crippen LogP contribution is 2.23. The zero-order chi connectivity index (χ0) is 21.2. The van der Waals surface area contributed by atoms with Crippen LogP contribution in [0.1, 0.15) is 29.2 Å². The van der Waals surface area contributed by atoms with Gasteiger partial charge in [-0.2, -0.15) is 0 Å². The molecular weight excluding hydrogens is 382 g/mol. The number of amides is 1. The maximum absolute atomic E-state index is 12.2. The van der Waals surface area contributed by atoms with Crippen LogP contribution in [0.25, 0.3) is 0 Å². The summed E-state index contributed by atoms with van der Waals surface area (Å²) in [6, 6.07) is 25.3. The molecule has 0 bridgehead atoms. The third kappa shape index (κ3) is 6.67. The quantitative estimate of drug-likeness (QED) is 0.539. The van der Waals surface area contributed by atoms with Crippen LogP contribution in [0.3, 0.4) is 0 Å². The first kappa shape index (κ1) is 20.9. The van der Waals surface area contributed by atoms with Crippen molar-refractivity contribution in [1.82, 2.24) is 5.32 Å². The van der Waals surface area contributed by atoms with Gasteiger partial charge in [0.05, 0.1) is 12.5 Å². The van der Waals surface area contributed by atoms with E-state index in [2.05, 4.69) is 5.32 Å². The second-order valence-electron chi connectivity index (χ2n) is 6.70. The van der Waals surface area contributed by atoms with Crippen molar-refractivity contribution in [3.8, 4) is 5.75 Å². The molecule has 6 nitrogen and oxygen atoms in total. The van der Waals surface area contributed by atoms with E-state index in [-0.39, 0.29) is 13.0 Å². The minimum absolute atomic E-state index is 0.104. The molecule has 0 heterocycles. The highest BCUT2D eigenvalue weighted by molar-refractivity contribution is 5.72. The third-order valence-electron chi connectivity index (χ3n) is 4.39. The molecule has 0 aromatic heterocycles. The molecule has 1 amide bonds. The Morgan fingerprint density at radius 3 is 2.10 bits per heavy atom. The highest BCUT2D eigenvalue weighted by Gasteiger charge is 2.19. The number of carboxylic acids is 1. The summed E-state index contributed by atoms with van der Waals surface area (Å²) in [6.07, 6.45) is -0.955. The van der Waals surface area contributed by atoms with Crippen LogP contribution in [-0.2, 0) is 22.7 Å². The van der Waals surface area contributed by atoms with Gasteiger partial charge in [-0.15, -0.1) is 0 Å². The maximum atomic E-state index is 12.2. The molecule has 154 valence electrons. The van der Waals surface area contributed by atoms with Gasteiger partial charge in [0.2, 0.25) is 0 Å². The highest BCUT2D eigenvalue weighted by atomic mass is 16.5. The molecule has 1 unspecified atom stereocenters. The normalized spacial score (nSPS) is 11.3. The predicted octanol–water partition coefficient (Wildman–Crippen LogP) is 4.71. The monoisotopic (exact) mass is 405 g/mol. The zero-order valence-corrected chi connectivity index (χ0v) is 16.4. The number of ether oxygens (including phenoxy) is 2. The van der Waals surface area contributed by atoms with E-state index in [1.807, 2.05) is 60.7 Å². The minimum Gasteiger partial charge on any atom is -0.489 e. The first-order valence-corrected chi connectivity index (χ1v) is 9.56. The van der Waals surface area contributed by atoms with Crippen molar-refractivity contribution in [3.05, 3.63) is 102 Å². The maximum Gasteiger partial charge on any atom is 0.407 e. The number of aliphatic carboxylic acids is 1. The van der Waals surface area contributed by atoms with Crippen LogP contribution in [0.4, 0.5) is 4.79 Å². The van der Waals surface area contributed by atoms with Crippen molar-refractivity contribution in [2.24, 2.45) is 0 Å². The van der Waals surface area contributed by atoms with Crippen LogP contribution >= 0.6 is 0 Å². The number of hydrogen-bond acceptors (Lipinski definition) is 4. The summed E-state index contributed by atoms with van der Waals surface area (Å²) in [7, 11) is 0. The predicted molar refractivity (Wildman–Crippen MR) is 112 cm³/mol. The van der Waals surface area contributed by atoms with Crippen LogP contribution in [0.2, 0.25) is 0 Å². The van der Waals surface area contributed by atoms with E-state index in [4.69, 9.17) is 9.47 Å². The van der Waals surface area contributed by atoms with E-state index in [1.54, 1.807) is 24.3 Å². The fourth-order valence-electron chi connectivity index (χ4n) is 2.90. The fraction of sp³-hybridized carbons (Fsp3) is 0.167. The van der Waals surface area contributed by atoms with Gasteiger partial charge >= 0.3 is 12.1 Å². The van der Waals surface area contributed by atoms with E-state index in [0.29, 0.717) is 17.9 Å². The largest absolute Gasteiger partial charge is 0.489 e. The number of carbonyl (C=O) groups excluding carboxylic acids is 1. The average Bonchev–Trinajstić information content (AvgIpc) is 2.77. The van der Waals surface area contributed by atoms with Crippen LogP contribution in [0.5, 0.6) is 5.75 Å². The first-order valence-electron chi connectivity index (χ1n) is 9.56. The molecule has 3 rings (SSSR count). The van der Waals surface area contributed by atoms with Crippen molar-refractivity contribution in [2.75, 3.05) is 0 Å². The molecule has 0 saturated carbocycles. The first-order chi connectivity index (χ1) is 14.6. The lowest BCUT2D eigenvalue weighted by atomic mass is 10.0. The Hall–Kier alpha value is -3.80. The lowest BCUT2D eigenvalue weighted by Crippen LogP contribution is -2.30. The number of hydrogen-bond donors (Lipinski definition) is 2. The van der Waals surface area contributed by atoms with Crippen LogP contribution in [0, 0.1) is 0 Å². The minimum atomic E-state index is -1.03. The number of carboxylic acid groups (broad SMARTS) is 1. The van der Waals surface area contributed by atoms with Gasteiger partial charge in [-0.25, -0.2) is 4.79 Å². The zero-order valence-electron chi connectivity index (χ0n) is 16.4. The van der Waals surface area contributed by atoms with E-state index in [0.717, 1.165) is 11.1 Å². The van der Waals surface area contributed by atoms with Crippen molar-refractivity contribution in [1.29, 1.82) is 0 Å². The van der Waals surface area contributed by atoms with Crippen LogP contribution in [0.15, 0.2) is 84.9 Å². The Balaban J connectivity index is 1.63. The molecule has 0 aliphatic carbocycles. The van der Waals surface area contributed by atoms with Gasteiger partial charge in [-0.1, -0.05) is 72.8 Å². The Kier molecular flexibility index (Phi) is 7.44. The summed E-state index contributed by atoms with van der Waals surface area (Å²) in [6.45, 7) is 0.493. The molecule has 0 spiro atoms.